The van der Waals surface area contributed by atoms with Gasteiger partial charge in [0.1, 0.15) is 0 Å². The fourth-order valence-electron chi connectivity index (χ4n) is 2.54. The van der Waals surface area contributed by atoms with Crippen molar-refractivity contribution in [3.05, 3.63) is 11.1 Å². The van der Waals surface area contributed by atoms with Crippen LogP contribution in [0.4, 0.5) is 5.13 Å². The fourth-order valence-corrected chi connectivity index (χ4v) is 4.57. The molecule has 23 heavy (non-hydrogen) atoms. The number of nitrogens with zero attached hydrogens (tertiary/aromatic N) is 1. The highest BCUT2D eigenvalue weighted by Crippen LogP contribution is 2.28. The molecule has 0 atom stereocenters. The van der Waals surface area contributed by atoms with Crippen molar-refractivity contribution in [3.8, 4) is 0 Å². The van der Waals surface area contributed by atoms with E-state index in [0.29, 0.717) is 23.9 Å². The first kappa shape index (κ1) is 18.3. The van der Waals surface area contributed by atoms with Crippen molar-refractivity contribution in [3.63, 3.8) is 0 Å². The summed E-state index contributed by atoms with van der Waals surface area (Å²) in [7, 11) is 0. The van der Waals surface area contributed by atoms with Crippen LogP contribution in [0.3, 0.4) is 0 Å². The number of ether oxygens (including phenoxy) is 1. The lowest BCUT2D eigenvalue weighted by Crippen LogP contribution is -2.14. The second-order valence-electron chi connectivity index (χ2n) is 5.55. The van der Waals surface area contributed by atoms with Gasteiger partial charge in [0.25, 0.3) is 0 Å². The molecule has 0 aliphatic heterocycles. The van der Waals surface area contributed by atoms with Gasteiger partial charge >= 0.3 is 5.97 Å². The number of hydrogen-bond acceptors (Lipinski definition) is 6. The molecular weight excluding hydrogens is 332 g/mol. The lowest BCUT2D eigenvalue weighted by Gasteiger charge is -2.20. The van der Waals surface area contributed by atoms with E-state index in [1.165, 1.54) is 43.4 Å². The predicted molar refractivity (Wildman–Crippen MR) is 95.0 cm³/mol. The van der Waals surface area contributed by atoms with Gasteiger partial charge in [0.15, 0.2) is 5.13 Å². The summed E-state index contributed by atoms with van der Waals surface area (Å²) >= 11 is 3.26. The number of esters is 1. The van der Waals surface area contributed by atoms with Crippen molar-refractivity contribution >= 4 is 40.1 Å². The SMILES string of the molecule is CCOC(=O)Cc1csc(NC(=O)CCSC2CCCCC2)n1. The molecule has 0 spiro atoms. The van der Waals surface area contributed by atoms with Crippen LogP contribution in [-0.2, 0) is 20.7 Å². The lowest BCUT2D eigenvalue weighted by atomic mass is 10.0. The van der Waals surface area contributed by atoms with Crippen LogP contribution in [0.15, 0.2) is 5.38 Å². The van der Waals surface area contributed by atoms with Gasteiger partial charge in [0, 0.05) is 22.8 Å². The van der Waals surface area contributed by atoms with Crippen molar-refractivity contribution in [2.75, 3.05) is 17.7 Å². The number of thiazole rings is 1. The van der Waals surface area contributed by atoms with Crippen molar-refractivity contribution in [1.29, 1.82) is 0 Å². The summed E-state index contributed by atoms with van der Waals surface area (Å²) in [6, 6.07) is 0. The van der Waals surface area contributed by atoms with E-state index in [0.717, 1.165) is 11.0 Å². The normalized spacial score (nSPS) is 15.3. The van der Waals surface area contributed by atoms with Crippen LogP contribution in [0, 0.1) is 0 Å². The summed E-state index contributed by atoms with van der Waals surface area (Å²) < 4.78 is 4.88. The number of carbonyl (C=O) groups excluding carboxylic acids is 2. The second kappa shape index (κ2) is 9.93. The van der Waals surface area contributed by atoms with E-state index >= 15 is 0 Å². The van der Waals surface area contributed by atoms with Crippen LogP contribution in [0.2, 0.25) is 0 Å². The molecule has 0 radical (unpaired) electrons. The summed E-state index contributed by atoms with van der Waals surface area (Å²) in [4.78, 5) is 27.6. The maximum Gasteiger partial charge on any atom is 0.311 e. The summed E-state index contributed by atoms with van der Waals surface area (Å²) in [5.41, 5.74) is 0.639. The van der Waals surface area contributed by atoms with Crippen molar-refractivity contribution in [2.24, 2.45) is 0 Å². The number of thioether (sulfide) groups is 1. The minimum atomic E-state index is -0.292. The second-order valence-corrected chi connectivity index (χ2v) is 7.82. The molecular formula is C16H24N2O3S2. The quantitative estimate of drug-likeness (QED) is 0.720. The van der Waals surface area contributed by atoms with Gasteiger partial charge in [0.2, 0.25) is 5.91 Å². The summed E-state index contributed by atoms with van der Waals surface area (Å²) in [6.45, 7) is 2.14. The Bertz CT molecular complexity index is 513. The molecule has 0 unspecified atom stereocenters. The first-order chi connectivity index (χ1) is 11.2. The predicted octanol–water partition coefficient (Wildman–Crippen LogP) is 3.64. The zero-order valence-electron chi connectivity index (χ0n) is 13.5. The highest BCUT2D eigenvalue weighted by atomic mass is 32.2. The highest BCUT2D eigenvalue weighted by Gasteiger charge is 2.15. The van der Waals surface area contributed by atoms with Crippen molar-refractivity contribution in [2.45, 2.75) is 57.1 Å². The molecule has 1 aliphatic carbocycles. The summed E-state index contributed by atoms with van der Waals surface area (Å²) in [6.07, 6.45) is 7.24. The molecule has 7 heteroatoms. The van der Waals surface area contributed by atoms with Gasteiger partial charge in [-0.05, 0) is 19.8 Å². The van der Waals surface area contributed by atoms with E-state index < -0.39 is 0 Å². The number of nitrogens with one attached hydrogen (secondary N) is 1. The summed E-state index contributed by atoms with van der Waals surface area (Å²) in [5.74, 6) is 0.558. The Labute approximate surface area is 145 Å². The first-order valence-corrected chi connectivity index (χ1v) is 10.1. The largest absolute Gasteiger partial charge is 0.466 e. The van der Waals surface area contributed by atoms with E-state index in [9.17, 15) is 9.59 Å². The van der Waals surface area contributed by atoms with E-state index in [-0.39, 0.29) is 18.3 Å². The van der Waals surface area contributed by atoms with Gasteiger partial charge in [-0.3, -0.25) is 9.59 Å². The third-order valence-electron chi connectivity index (χ3n) is 3.66. The molecule has 1 amide bonds. The molecule has 1 heterocycles. The van der Waals surface area contributed by atoms with Crippen LogP contribution in [-0.4, -0.2) is 34.5 Å². The number of carbonyl (C=O) groups is 2. The Hall–Kier alpha value is -1.08. The average Bonchev–Trinajstić information content (AvgIpc) is 2.95. The third kappa shape index (κ3) is 6.91. The minimum Gasteiger partial charge on any atom is -0.466 e. The Morgan fingerprint density at radius 1 is 1.39 bits per heavy atom. The zero-order chi connectivity index (χ0) is 16.5. The Balaban J connectivity index is 1.66. The Kier molecular flexibility index (Phi) is 7.88. The van der Waals surface area contributed by atoms with Crippen LogP contribution in [0.5, 0.6) is 0 Å². The van der Waals surface area contributed by atoms with E-state index in [1.54, 1.807) is 12.3 Å². The number of aromatic nitrogens is 1. The molecule has 1 aliphatic rings. The molecule has 1 aromatic rings. The molecule has 0 aromatic carbocycles. The van der Waals surface area contributed by atoms with Gasteiger partial charge in [0.05, 0.1) is 18.7 Å². The number of hydrogen-bond donors (Lipinski definition) is 1. The molecule has 1 aromatic heterocycles. The molecule has 0 bridgehead atoms. The Morgan fingerprint density at radius 3 is 2.91 bits per heavy atom. The van der Waals surface area contributed by atoms with Gasteiger partial charge in [-0.2, -0.15) is 11.8 Å². The smallest absolute Gasteiger partial charge is 0.311 e. The van der Waals surface area contributed by atoms with E-state index in [1.807, 2.05) is 11.8 Å². The monoisotopic (exact) mass is 356 g/mol. The highest BCUT2D eigenvalue weighted by molar-refractivity contribution is 7.99. The van der Waals surface area contributed by atoms with Gasteiger partial charge in [-0.25, -0.2) is 4.98 Å². The first-order valence-electron chi connectivity index (χ1n) is 8.19. The number of amides is 1. The minimum absolute atomic E-state index is 0.00894. The molecule has 2 rings (SSSR count). The number of anilines is 1. The fraction of sp³-hybridized carbons (Fsp3) is 0.688. The van der Waals surface area contributed by atoms with Crippen LogP contribution in [0.25, 0.3) is 0 Å². The van der Waals surface area contributed by atoms with E-state index in [2.05, 4.69) is 10.3 Å². The molecule has 1 fully saturated rings. The third-order valence-corrected chi connectivity index (χ3v) is 5.85. The van der Waals surface area contributed by atoms with Gasteiger partial charge < -0.3 is 10.1 Å². The van der Waals surface area contributed by atoms with Gasteiger partial charge in [-0.15, -0.1) is 11.3 Å². The Morgan fingerprint density at radius 2 is 2.17 bits per heavy atom. The average molecular weight is 357 g/mol. The molecule has 1 saturated carbocycles. The standard InChI is InChI=1S/C16H24N2O3S2/c1-2-21-15(20)10-12-11-23-16(17-12)18-14(19)8-9-22-13-6-4-3-5-7-13/h11,13H,2-10H2,1H3,(H,17,18,19). The zero-order valence-corrected chi connectivity index (χ0v) is 15.1. The van der Waals surface area contributed by atoms with Crippen LogP contribution >= 0.6 is 23.1 Å². The molecule has 128 valence electrons. The number of rotatable bonds is 8. The van der Waals surface area contributed by atoms with Gasteiger partial charge in [-0.1, -0.05) is 19.3 Å². The van der Waals surface area contributed by atoms with Crippen molar-refractivity contribution < 1.29 is 14.3 Å². The maximum atomic E-state index is 11.9. The molecule has 0 saturated heterocycles. The maximum absolute atomic E-state index is 11.9. The lowest BCUT2D eigenvalue weighted by molar-refractivity contribution is -0.142. The molecule has 1 N–H and O–H groups in total. The summed E-state index contributed by atoms with van der Waals surface area (Å²) in [5, 5.41) is 5.87. The molecule has 5 nitrogen and oxygen atoms in total. The van der Waals surface area contributed by atoms with Crippen LogP contribution in [0.1, 0.15) is 51.1 Å². The van der Waals surface area contributed by atoms with Crippen LogP contribution < -0.4 is 5.32 Å². The van der Waals surface area contributed by atoms with Crippen molar-refractivity contribution in [1.82, 2.24) is 4.98 Å². The topological polar surface area (TPSA) is 68.3 Å². The van der Waals surface area contributed by atoms with E-state index in [4.69, 9.17) is 4.74 Å².